The molecule has 7 heteroatoms. The Balaban J connectivity index is 1.99. The van der Waals surface area contributed by atoms with Gasteiger partial charge in [0, 0.05) is 28.2 Å². The van der Waals surface area contributed by atoms with Crippen LogP contribution in [0, 0.1) is 0 Å². The van der Waals surface area contributed by atoms with Crippen molar-refractivity contribution >= 4 is 58.1 Å². The van der Waals surface area contributed by atoms with Crippen LogP contribution in [0.1, 0.15) is 30.9 Å². The minimum atomic E-state index is -0.155. The van der Waals surface area contributed by atoms with E-state index in [2.05, 4.69) is 6.92 Å². The van der Waals surface area contributed by atoms with E-state index in [0.29, 0.717) is 38.9 Å². The minimum absolute atomic E-state index is 0.155. The van der Waals surface area contributed by atoms with E-state index >= 15 is 0 Å². The lowest BCUT2D eigenvalue weighted by Gasteiger charge is -2.32. The number of benzene rings is 3. The van der Waals surface area contributed by atoms with Gasteiger partial charge in [0.1, 0.15) is 0 Å². The van der Waals surface area contributed by atoms with Gasteiger partial charge in [-0.15, -0.1) is 0 Å². The summed E-state index contributed by atoms with van der Waals surface area (Å²) < 4.78 is 0. The molecule has 0 bridgehead atoms. The first-order valence-corrected chi connectivity index (χ1v) is 11.9. The summed E-state index contributed by atoms with van der Waals surface area (Å²) in [4.78, 5) is 17.4. The van der Waals surface area contributed by atoms with E-state index in [0.717, 1.165) is 24.0 Å². The number of nitrogens with zero attached hydrogens (tertiary/aromatic N) is 2. The van der Waals surface area contributed by atoms with Crippen LogP contribution in [-0.4, -0.2) is 17.5 Å². The van der Waals surface area contributed by atoms with Gasteiger partial charge in [0.2, 0.25) is 0 Å². The number of rotatable bonds is 8. The van der Waals surface area contributed by atoms with Crippen molar-refractivity contribution in [2.45, 2.75) is 32.9 Å². The van der Waals surface area contributed by atoms with E-state index in [1.807, 2.05) is 41.3 Å². The first kappa shape index (κ1) is 24.7. The van der Waals surface area contributed by atoms with Gasteiger partial charge in [-0.25, -0.2) is 4.79 Å². The summed E-state index contributed by atoms with van der Waals surface area (Å²) in [5.41, 5.74) is 2.40. The Kier molecular flexibility index (Phi) is 9.12. The van der Waals surface area contributed by atoms with E-state index in [9.17, 15) is 4.79 Å². The Bertz CT molecular complexity index is 1060. The molecule has 3 aromatic rings. The molecule has 0 unspecified atom stereocenters. The number of anilines is 1. The van der Waals surface area contributed by atoms with Crippen LogP contribution >= 0.6 is 46.4 Å². The fourth-order valence-electron chi connectivity index (χ4n) is 3.34. The average Bonchev–Trinajstić information content (AvgIpc) is 2.77. The van der Waals surface area contributed by atoms with Gasteiger partial charge in [-0.1, -0.05) is 96.1 Å². The molecule has 0 radical (unpaired) electrons. The fourth-order valence-corrected chi connectivity index (χ4v) is 4.32. The number of hydrogen-bond acceptors (Lipinski definition) is 1. The van der Waals surface area contributed by atoms with E-state index in [1.165, 1.54) is 0 Å². The first-order valence-electron chi connectivity index (χ1n) is 10.4. The third-order valence-corrected chi connectivity index (χ3v) is 6.17. The van der Waals surface area contributed by atoms with Gasteiger partial charge in [0.25, 0.3) is 0 Å². The zero-order valence-electron chi connectivity index (χ0n) is 17.7. The number of hydrogen-bond donors (Lipinski definition) is 0. The van der Waals surface area contributed by atoms with Crippen molar-refractivity contribution in [2.75, 3.05) is 11.4 Å². The van der Waals surface area contributed by atoms with Gasteiger partial charge < -0.3 is 4.90 Å². The lowest BCUT2D eigenvalue weighted by Crippen LogP contribution is -2.43. The van der Waals surface area contributed by atoms with Crippen LogP contribution in [0.15, 0.2) is 66.7 Å². The molecule has 0 spiro atoms. The molecule has 0 N–H and O–H groups in total. The molecular formula is C25H24Cl4N2O. The molecular weight excluding hydrogens is 486 g/mol. The second-order valence-electron chi connectivity index (χ2n) is 7.46. The molecule has 0 fully saturated rings. The highest BCUT2D eigenvalue weighted by molar-refractivity contribution is 6.37. The predicted octanol–water partition coefficient (Wildman–Crippen LogP) is 8.73. The van der Waals surface area contributed by atoms with Crippen molar-refractivity contribution in [3.05, 3.63) is 97.9 Å². The zero-order valence-corrected chi connectivity index (χ0v) is 20.7. The van der Waals surface area contributed by atoms with Crippen LogP contribution < -0.4 is 4.90 Å². The highest BCUT2D eigenvalue weighted by atomic mass is 35.5. The first-order chi connectivity index (χ1) is 15.4. The summed E-state index contributed by atoms with van der Waals surface area (Å²) in [6, 6.07) is 20.1. The Hall–Kier alpha value is -1.91. The molecule has 0 aliphatic carbocycles. The third kappa shape index (κ3) is 6.55. The van der Waals surface area contributed by atoms with E-state index in [1.54, 1.807) is 35.2 Å². The maximum atomic E-state index is 13.9. The van der Waals surface area contributed by atoms with E-state index in [-0.39, 0.29) is 12.6 Å². The van der Waals surface area contributed by atoms with Crippen LogP contribution in [-0.2, 0) is 13.1 Å². The third-order valence-electron chi connectivity index (χ3n) is 5.04. The van der Waals surface area contributed by atoms with E-state index < -0.39 is 0 Å². The number of urea groups is 1. The molecule has 0 saturated carbocycles. The molecule has 2 amide bonds. The van der Waals surface area contributed by atoms with Crippen molar-refractivity contribution in [1.29, 1.82) is 0 Å². The summed E-state index contributed by atoms with van der Waals surface area (Å²) in [6.45, 7) is 3.47. The van der Waals surface area contributed by atoms with Crippen molar-refractivity contribution < 1.29 is 4.79 Å². The average molecular weight is 510 g/mol. The summed E-state index contributed by atoms with van der Waals surface area (Å²) in [7, 11) is 0. The molecule has 0 aliphatic rings. The summed E-state index contributed by atoms with van der Waals surface area (Å²) in [5, 5.41) is 1.92. The van der Waals surface area contributed by atoms with E-state index in [4.69, 9.17) is 46.4 Å². The topological polar surface area (TPSA) is 23.6 Å². The Morgan fingerprint density at radius 3 is 2.09 bits per heavy atom. The zero-order chi connectivity index (χ0) is 23.1. The Morgan fingerprint density at radius 1 is 0.812 bits per heavy atom. The number of amides is 2. The van der Waals surface area contributed by atoms with Gasteiger partial charge >= 0.3 is 6.03 Å². The lowest BCUT2D eigenvalue weighted by molar-refractivity contribution is 0.200. The smallest absolute Gasteiger partial charge is 0.320 e. The molecule has 0 atom stereocenters. The largest absolute Gasteiger partial charge is 0.325 e. The van der Waals surface area contributed by atoms with Gasteiger partial charge in [-0.3, -0.25) is 4.90 Å². The normalized spacial score (nSPS) is 10.8. The van der Waals surface area contributed by atoms with Crippen molar-refractivity contribution in [3.8, 4) is 0 Å². The van der Waals surface area contributed by atoms with Crippen LogP contribution in [0.3, 0.4) is 0 Å². The highest BCUT2D eigenvalue weighted by Gasteiger charge is 2.25. The second-order valence-corrected chi connectivity index (χ2v) is 9.15. The number of carbonyl (C=O) groups is 1. The lowest BCUT2D eigenvalue weighted by atomic mass is 10.1. The maximum absolute atomic E-state index is 13.9. The molecule has 0 saturated heterocycles. The van der Waals surface area contributed by atoms with Gasteiger partial charge in [0.15, 0.2) is 0 Å². The minimum Gasteiger partial charge on any atom is -0.320 e. The number of halogens is 4. The molecule has 0 aromatic heterocycles. The molecule has 3 rings (SSSR count). The molecule has 3 nitrogen and oxygen atoms in total. The SMILES string of the molecule is CCCCN(Cc1ccccc1)C(=O)N(Cc1ccc(Cl)cc1Cl)c1ccc(Cl)cc1Cl. The van der Waals surface area contributed by atoms with Crippen molar-refractivity contribution in [2.24, 2.45) is 0 Å². The van der Waals surface area contributed by atoms with Gasteiger partial charge in [0.05, 0.1) is 17.3 Å². The summed E-state index contributed by atoms with van der Waals surface area (Å²) in [6.07, 6.45) is 1.87. The van der Waals surface area contributed by atoms with Gasteiger partial charge in [-0.2, -0.15) is 0 Å². The van der Waals surface area contributed by atoms with Crippen LogP contribution in [0.4, 0.5) is 10.5 Å². The number of carbonyl (C=O) groups excluding carboxylic acids is 1. The van der Waals surface area contributed by atoms with Crippen molar-refractivity contribution in [3.63, 3.8) is 0 Å². The predicted molar refractivity (Wildman–Crippen MR) is 136 cm³/mol. The summed E-state index contributed by atoms with van der Waals surface area (Å²) >= 11 is 25.1. The molecule has 0 aliphatic heterocycles. The second kappa shape index (κ2) is 11.8. The molecule has 3 aromatic carbocycles. The van der Waals surface area contributed by atoms with Crippen LogP contribution in [0.2, 0.25) is 20.1 Å². The highest BCUT2D eigenvalue weighted by Crippen LogP contribution is 2.32. The fraction of sp³-hybridized carbons (Fsp3) is 0.240. The quantitative estimate of drug-likeness (QED) is 0.297. The van der Waals surface area contributed by atoms with Gasteiger partial charge in [-0.05, 0) is 47.9 Å². The monoisotopic (exact) mass is 508 g/mol. The summed E-state index contributed by atoms with van der Waals surface area (Å²) in [5.74, 6) is 0. The molecule has 32 heavy (non-hydrogen) atoms. The molecule has 0 heterocycles. The van der Waals surface area contributed by atoms with Crippen LogP contribution in [0.5, 0.6) is 0 Å². The Morgan fingerprint density at radius 2 is 1.47 bits per heavy atom. The standard InChI is InChI=1S/C25H24Cl4N2O/c1-2-3-13-30(16-18-7-5-4-6-8-18)25(32)31(24-12-11-21(27)15-23(24)29)17-19-9-10-20(26)14-22(19)28/h4-12,14-15H,2-3,13,16-17H2,1H3. The maximum Gasteiger partial charge on any atom is 0.325 e. The van der Waals surface area contributed by atoms with Crippen molar-refractivity contribution in [1.82, 2.24) is 4.90 Å². The van der Waals surface area contributed by atoms with Crippen LogP contribution in [0.25, 0.3) is 0 Å². The number of unbranched alkanes of at least 4 members (excludes halogenated alkanes) is 1. The molecule has 168 valence electrons. The Labute approximate surface area is 209 Å².